The highest BCUT2D eigenvalue weighted by atomic mass is 32.1. The van der Waals surface area contributed by atoms with E-state index in [2.05, 4.69) is 9.97 Å². The third-order valence-corrected chi connectivity index (χ3v) is 5.31. The molecule has 0 spiro atoms. The molecule has 0 fully saturated rings. The van der Waals surface area contributed by atoms with Crippen molar-refractivity contribution in [2.24, 2.45) is 0 Å². The third kappa shape index (κ3) is 2.42. The first-order valence-electron chi connectivity index (χ1n) is 7.30. The van der Waals surface area contributed by atoms with Crippen molar-refractivity contribution >= 4 is 44.0 Å². The summed E-state index contributed by atoms with van der Waals surface area (Å²) in [7, 11) is 1.62. The smallest absolute Gasteiger partial charge is 0.272 e. The van der Waals surface area contributed by atoms with Gasteiger partial charge in [0.2, 0.25) is 0 Å². The second-order valence-corrected chi connectivity index (χ2v) is 6.72. The van der Waals surface area contributed by atoms with Gasteiger partial charge >= 0.3 is 0 Å². The lowest BCUT2D eigenvalue weighted by Gasteiger charge is -2.07. The largest absolute Gasteiger partial charge is 0.497 e. The van der Waals surface area contributed by atoms with Crippen LogP contribution < -0.4 is 10.3 Å². The number of ether oxygens (including phenoxy) is 1. The molecule has 120 valence electrons. The Labute approximate surface area is 146 Å². The number of fused-ring (bicyclic) bond motifs is 3. The average Bonchev–Trinajstić information content (AvgIpc) is 2.98. The van der Waals surface area contributed by atoms with Crippen LogP contribution in [0.5, 0.6) is 5.75 Å². The zero-order chi connectivity index (χ0) is 16.7. The van der Waals surface area contributed by atoms with Gasteiger partial charge in [-0.25, -0.2) is 4.98 Å². The number of hydrogen-bond acceptors (Lipinski definition) is 5. The van der Waals surface area contributed by atoms with Crippen LogP contribution >= 0.6 is 23.6 Å². The van der Waals surface area contributed by atoms with Gasteiger partial charge in [-0.2, -0.15) is 0 Å². The van der Waals surface area contributed by atoms with Crippen LogP contribution in [0.25, 0.3) is 20.4 Å². The lowest BCUT2D eigenvalue weighted by atomic mass is 10.2. The molecule has 5 nitrogen and oxygen atoms in total. The summed E-state index contributed by atoms with van der Waals surface area (Å²) < 4.78 is 7.79. The molecule has 3 heterocycles. The maximum absolute atomic E-state index is 12.9. The molecule has 0 unspecified atom stereocenters. The van der Waals surface area contributed by atoms with Gasteiger partial charge in [0.25, 0.3) is 5.56 Å². The maximum atomic E-state index is 12.9. The highest BCUT2D eigenvalue weighted by Crippen LogP contribution is 2.28. The Morgan fingerprint density at radius 2 is 2.08 bits per heavy atom. The van der Waals surface area contributed by atoms with Crippen LogP contribution in [0.3, 0.4) is 0 Å². The van der Waals surface area contributed by atoms with Crippen molar-refractivity contribution in [1.29, 1.82) is 0 Å². The fourth-order valence-electron chi connectivity index (χ4n) is 2.65. The summed E-state index contributed by atoms with van der Waals surface area (Å²) in [6, 6.07) is 11.4. The molecule has 1 aromatic carbocycles. The maximum Gasteiger partial charge on any atom is 0.272 e. The van der Waals surface area contributed by atoms with Crippen molar-refractivity contribution in [3.05, 3.63) is 63.3 Å². The van der Waals surface area contributed by atoms with Gasteiger partial charge in [-0.15, -0.1) is 11.3 Å². The van der Waals surface area contributed by atoms with Crippen LogP contribution in [0.2, 0.25) is 0 Å². The van der Waals surface area contributed by atoms with Crippen molar-refractivity contribution < 1.29 is 4.74 Å². The van der Waals surface area contributed by atoms with E-state index in [0.29, 0.717) is 16.0 Å². The minimum absolute atomic E-state index is 0.0902. The average molecular weight is 355 g/mol. The molecule has 0 aliphatic rings. The molecule has 0 aliphatic carbocycles. The number of hydrogen-bond donors (Lipinski definition) is 1. The van der Waals surface area contributed by atoms with E-state index >= 15 is 0 Å². The first-order valence-corrected chi connectivity index (χ1v) is 8.53. The summed E-state index contributed by atoms with van der Waals surface area (Å²) in [5.74, 6) is 0.780. The minimum Gasteiger partial charge on any atom is -0.497 e. The van der Waals surface area contributed by atoms with Gasteiger partial charge in [-0.3, -0.25) is 9.36 Å². The summed E-state index contributed by atoms with van der Waals surface area (Å²) in [4.78, 5) is 21.2. The topological polar surface area (TPSA) is 59.9 Å². The van der Waals surface area contributed by atoms with Gasteiger partial charge < -0.3 is 9.72 Å². The number of rotatable bonds is 3. The van der Waals surface area contributed by atoms with E-state index in [1.54, 1.807) is 17.9 Å². The highest BCUT2D eigenvalue weighted by Gasteiger charge is 2.12. The van der Waals surface area contributed by atoms with Gasteiger partial charge in [0, 0.05) is 11.6 Å². The first-order chi connectivity index (χ1) is 11.7. The Bertz CT molecular complexity index is 1160. The molecule has 0 atom stereocenters. The number of H-pyrrole nitrogens is 1. The lowest BCUT2D eigenvalue weighted by molar-refractivity contribution is 0.414. The van der Waals surface area contributed by atoms with Crippen LogP contribution in [0, 0.1) is 4.77 Å². The van der Waals surface area contributed by atoms with Crippen LogP contribution in [-0.2, 0) is 6.54 Å². The van der Waals surface area contributed by atoms with Crippen molar-refractivity contribution in [1.82, 2.24) is 14.5 Å². The molecule has 0 saturated carbocycles. The third-order valence-electron chi connectivity index (χ3n) is 3.88. The normalized spacial score (nSPS) is 11.2. The van der Waals surface area contributed by atoms with Crippen LogP contribution in [0.1, 0.15) is 5.56 Å². The molecule has 3 aromatic heterocycles. The molecule has 0 aliphatic heterocycles. The summed E-state index contributed by atoms with van der Waals surface area (Å²) in [5, 5.41) is 0.928. The number of aromatic nitrogens is 3. The van der Waals surface area contributed by atoms with Crippen molar-refractivity contribution in [2.75, 3.05) is 7.11 Å². The number of aromatic amines is 1. The Hall–Kier alpha value is -2.51. The molecular weight excluding hydrogens is 342 g/mol. The zero-order valence-corrected chi connectivity index (χ0v) is 14.4. The monoisotopic (exact) mass is 355 g/mol. The molecule has 0 bridgehead atoms. The summed E-state index contributed by atoms with van der Waals surface area (Å²) >= 11 is 6.80. The second kappa shape index (κ2) is 5.85. The lowest BCUT2D eigenvalue weighted by Crippen LogP contribution is -2.21. The number of pyridine rings is 1. The van der Waals surface area contributed by atoms with Gasteiger partial charge in [0.15, 0.2) is 4.77 Å². The second-order valence-electron chi connectivity index (χ2n) is 5.33. The summed E-state index contributed by atoms with van der Waals surface area (Å²) in [6.07, 6.45) is 1.72. The van der Waals surface area contributed by atoms with Gasteiger partial charge in [0.1, 0.15) is 15.3 Å². The van der Waals surface area contributed by atoms with E-state index in [1.165, 1.54) is 11.3 Å². The Kier molecular flexibility index (Phi) is 3.66. The number of thiophene rings is 1. The van der Waals surface area contributed by atoms with Crippen LogP contribution in [0.15, 0.2) is 47.4 Å². The number of methoxy groups -OCH3 is 1. The van der Waals surface area contributed by atoms with E-state index in [0.717, 1.165) is 27.0 Å². The first kappa shape index (κ1) is 15.0. The van der Waals surface area contributed by atoms with Gasteiger partial charge in [-0.05, 0) is 42.0 Å². The minimum atomic E-state index is -0.0902. The molecule has 7 heteroatoms. The van der Waals surface area contributed by atoms with Crippen molar-refractivity contribution in [2.45, 2.75) is 6.54 Å². The quantitative estimate of drug-likeness (QED) is 0.569. The van der Waals surface area contributed by atoms with E-state index in [-0.39, 0.29) is 5.56 Å². The SMILES string of the molecule is COc1ccc(Cn2c(=S)[nH]c3c(sc4ncccc43)c2=O)cc1. The Morgan fingerprint density at radius 3 is 2.83 bits per heavy atom. The summed E-state index contributed by atoms with van der Waals surface area (Å²) in [5.41, 5.74) is 1.66. The Balaban J connectivity index is 1.87. The Morgan fingerprint density at radius 1 is 1.29 bits per heavy atom. The molecule has 24 heavy (non-hydrogen) atoms. The fraction of sp³-hybridized carbons (Fsp3) is 0.118. The number of nitrogens with one attached hydrogen (secondary N) is 1. The van der Waals surface area contributed by atoms with Gasteiger partial charge in [0.05, 0.1) is 19.2 Å². The van der Waals surface area contributed by atoms with Crippen LogP contribution in [0.4, 0.5) is 0 Å². The predicted octanol–water partition coefficient (Wildman–Crippen LogP) is 3.73. The van der Waals surface area contributed by atoms with Crippen LogP contribution in [-0.4, -0.2) is 21.6 Å². The molecular formula is C17H13N3O2S2. The molecule has 0 saturated heterocycles. The fourth-order valence-corrected chi connectivity index (χ4v) is 3.95. The number of benzene rings is 1. The molecule has 0 radical (unpaired) electrons. The number of nitrogens with zero attached hydrogens (tertiary/aromatic N) is 2. The van der Waals surface area contributed by atoms with Gasteiger partial charge in [-0.1, -0.05) is 12.1 Å². The molecule has 4 rings (SSSR count). The van der Waals surface area contributed by atoms with E-state index in [9.17, 15) is 4.79 Å². The zero-order valence-electron chi connectivity index (χ0n) is 12.8. The predicted molar refractivity (Wildman–Crippen MR) is 98.7 cm³/mol. The van der Waals surface area contributed by atoms with E-state index < -0.39 is 0 Å². The molecule has 4 aromatic rings. The summed E-state index contributed by atoms with van der Waals surface area (Å²) in [6.45, 7) is 0.412. The standard InChI is InChI=1S/C17H13N3O2S2/c1-22-11-6-4-10(5-7-11)9-20-16(21)14-13(19-17(20)23)12-3-2-8-18-15(12)24-14/h2-8H,9H2,1H3,(H,19,23). The van der Waals surface area contributed by atoms with Crippen molar-refractivity contribution in [3.63, 3.8) is 0 Å². The van der Waals surface area contributed by atoms with E-state index in [4.69, 9.17) is 17.0 Å². The molecule has 0 amide bonds. The van der Waals surface area contributed by atoms with E-state index in [1.807, 2.05) is 36.4 Å². The molecule has 1 N–H and O–H groups in total. The highest BCUT2D eigenvalue weighted by molar-refractivity contribution is 7.71. The van der Waals surface area contributed by atoms with Crippen molar-refractivity contribution in [3.8, 4) is 5.75 Å².